The van der Waals surface area contributed by atoms with Crippen molar-refractivity contribution < 1.29 is 9.53 Å². The van der Waals surface area contributed by atoms with Crippen molar-refractivity contribution in [2.24, 2.45) is 11.8 Å². The number of nitrogens with one attached hydrogen (secondary N) is 2. The van der Waals surface area contributed by atoms with Crippen LogP contribution in [0, 0.1) is 11.8 Å². The van der Waals surface area contributed by atoms with Crippen LogP contribution in [0.4, 0.5) is 4.79 Å². The van der Waals surface area contributed by atoms with Crippen molar-refractivity contribution >= 4 is 6.09 Å². The molecule has 128 valence electrons. The molecular weight excluding hydrogens is 278 g/mol. The van der Waals surface area contributed by atoms with Crippen molar-refractivity contribution in [2.75, 3.05) is 39.3 Å². The zero-order chi connectivity index (χ0) is 16.0. The Kier molecular flexibility index (Phi) is 6.50. The molecule has 0 saturated carbocycles. The number of nitrogens with zero attached hydrogens (tertiary/aromatic N) is 1. The Morgan fingerprint density at radius 3 is 2.64 bits per heavy atom. The van der Waals surface area contributed by atoms with E-state index in [4.69, 9.17) is 4.74 Å². The Bertz CT molecular complexity index is 348. The molecule has 22 heavy (non-hydrogen) atoms. The second-order valence-corrected chi connectivity index (χ2v) is 7.81. The van der Waals surface area contributed by atoms with Crippen molar-refractivity contribution in [2.45, 2.75) is 52.1 Å². The Morgan fingerprint density at radius 2 is 1.95 bits per heavy atom. The largest absolute Gasteiger partial charge is 0.444 e. The fourth-order valence-corrected chi connectivity index (χ4v) is 3.31. The maximum absolute atomic E-state index is 12.2. The summed E-state index contributed by atoms with van der Waals surface area (Å²) in [6.45, 7) is 11.8. The summed E-state index contributed by atoms with van der Waals surface area (Å²) in [6.07, 6.45) is 4.75. The lowest BCUT2D eigenvalue weighted by Crippen LogP contribution is -2.45. The first kappa shape index (κ1) is 17.5. The minimum atomic E-state index is -0.406. The van der Waals surface area contributed by atoms with Gasteiger partial charge in [-0.2, -0.15) is 0 Å². The minimum absolute atomic E-state index is 0.159. The molecule has 0 radical (unpaired) electrons. The number of amides is 1. The lowest BCUT2D eigenvalue weighted by Gasteiger charge is -2.34. The van der Waals surface area contributed by atoms with Gasteiger partial charge >= 0.3 is 6.09 Å². The van der Waals surface area contributed by atoms with Gasteiger partial charge in [0, 0.05) is 13.1 Å². The van der Waals surface area contributed by atoms with E-state index < -0.39 is 5.60 Å². The average molecular weight is 311 g/mol. The molecule has 0 aromatic rings. The highest BCUT2D eigenvalue weighted by atomic mass is 16.6. The lowest BCUT2D eigenvalue weighted by atomic mass is 9.96. The fraction of sp³-hybridized carbons (Fsp3) is 0.941. The monoisotopic (exact) mass is 311 g/mol. The smallest absolute Gasteiger partial charge is 0.410 e. The van der Waals surface area contributed by atoms with Gasteiger partial charge in [0.2, 0.25) is 0 Å². The standard InChI is InChI=1S/C17H33N3O2/c1-17(2,3)22-16(21)20-9-5-7-15(13-20)12-19-11-14-6-4-8-18-10-14/h14-15,18-19H,4-13H2,1-3H3. The minimum Gasteiger partial charge on any atom is -0.444 e. The van der Waals surface area contributed by atoms with Gasteiger partial charge in [-0.05, 0) is 84.5 Å². The number of hydrogen-bond donors (Lipinski definition) is 2. The molecule has 2 rings (SSSR count). The van der Waals surface area contributed by atoms with Crippen LogP contribution in [0.1, 0.15) is 46.5 Å². The zero-order valence-corrected chi connectivity index (χ0v) is 14.5. The molecule has 2 unspecified atom stereocenters. The maximum atomic E-state index is 12.2. The van der Waals surface area contributed by atoms with Crippen LogP contribution in [0.3, 0.4) is 0 Å². The van der Waals surface area contributed by atoms with Gasteiger partial charge in [-0.1, -0.05) is 0 Å². The molecule has 0 spiro atoms. The maximum Gasteiger partial charge on any atom is 0.410 e. The highest BCUT2D eigenvalue weighted by Gasteiger charge is 2.27. The van der Waals surface area contributed by atoms with Crippen molar-refractivity contribution in [1.29, 1.82) is 0 Å². The van der Waals surface area contributed by atoms with Crippen LogP contribution in [0.25, 0.3) is 0 Å². The highest BCUT2D eigenvalue weighted by Crippen LogP contribution is 2.19. The third-order valence-corrected chi connectivity index (χ3v) is 4.44. The summed E-state index contributed by atoms with van der Waals surface area (Å²) in [5.41, 5.74) is -0.406. The van der Waals surface area contributed by atoms with Crippen molar-refractivity contribution in [3.05, 3.63) is 0 Å². The second kappa shape index (κ2) is 8.16. The number of carbonyl (C=O) groups excluding carboxylic acids is 1. The number of piperidine rings is 2. The summed E-state index contributed by atoms with van der Waals surface area (Å²) < 4.78 is 5.48. The number of carbonyl (C=O) groups is 1. The molecule has 2 heterocycles. The van der Waals surface area contributed by atoms with Gasteiger partial charge in [0.25, 0.3) is 0 Å². The number of rotatable bonds is 4. The topological polar surface area (TPSA) is 53.6 Å². The van der Waals surface area contributed by atoms with Gasteiger partial charge in [-0.15, -0.1) is 0 Å². The van der Waals surface area contributed by atoms with E-state index in [2.05, 4.69) is 10.6 Å². The van der Waals surface area contributed by atoms with Crippen LogP contribution in [-0.2, 0) is 4.74 Å². The highest BCUT2D eigenvalue weighted by molar-refractivity contribution is 5.68. The summed E-state index contributed by atoms with van der Waals surface area (Å²) in [5, 5.41) is 7.07. The summed E-state index contributed by atoms with van der Waals surface area (Å²) in [7, 11) is 0. The molecule has 2 saturated heterocycles. The molecule has 2 aliphatic heterocycles. The third-order valence-electron chi connectivity index (χ3n) is 4.44. The lowest BCUT2D eigenvalue weighted by molar-refractivity contribution is 0.0166. The van der Waals surface area contributed by atoms with E-state index in [0.717, 1.165) is 45.1 Å². The van der Waals surface area contributed by atoms with Gasteiger partial charge in [-0.3, -0.25) is 0 Å². The molecule has 2 N–H and O–H groups in total. The first-order valence-corrected chi connectivity index (χ1v) is 8.83. The van der Waals surface area contributed by atoms with Gasteiger partial charge in [0.1, 0.15) is 5.60 Å². The van der Waals surface area contributed by atoms with Crippen molar-refractivity contribution in [3.63, 3.8) is 0 Å². The van der Waals surface area contributed by atoms with Crippen molar-refractivity contribution in [1.82, 2.24) is 15.5 Å². The van der Waals surface area contributed by atoms with Crippen molar-refractivity contribution in [3.8, 4) is 0 Å². The van der Waals surface area contributed by atoms with Gasteiger partial charge in [-0.25, -0.2) is 4.79 Å². The van der Waals surface area contributed by atoms with Crippen LogP contribution in [0.5, 0.6) is 0 Å². The zero-order valence-electron chi connectivity index (χ0n) is 14.5. The SMILES string of the molecule is CC(C)(C)OC(=O)N1CCCC(CNCC2CCCNC2)C1. The number of ether oxygens (including phenoxy) is 1. The van der Waals surface area contributed by atoms with Gasteiger partial charge in [0.15, 0.2) is 0 Å². The van der Waals surface area contributed by atoms with Crippen LogP contribution in [-0.4, -0.2) is 55.9 Å². The van der Waals surface area contributed by atoms with Crippen LogP contribution < -0.4 is 10.6 Å². The molecular formula is C17H33N3O2. The molecule has 0 aromatic carbocycles. The Balaban J connectivity index is 1.67. The molecule has 2 atom stereocenters. The van der Waals surface area contributed by atoms with Crippen LogP contribution in [0.2, 0.25) is 0 Å². The Hall–Kier alpha value is -0.810. The molecule has 0 aliphatic carbocycles. The van der Waals surface area contributed by atoms with Gasteiger partial charge in [0.05, 0.1) is 0 Å². The van der Waals surface area contributed by atoms with Gasteiger partial charge < -0.3 is 20.3 Å². The second-order valence-electron chi connectivity index (χ2n) is 7.81. The van der Waals surface area contributed by atoms with Crippen LogP contribution in [0.15, 0.2) is 0 Å². The van der Waals surface area contributed by atoms with E-state index in [-0.39, 0.29) is 6.09 Å². The molecule has 2 fully saturated rings. The number of hydrogen-bond acceptors (Lipinski definition) is 4. The average Bonchev–Trinajstić information content (AvgIpc) is 2.47. The van der Waals surface area contributed by atoms with E-state index in [1.165, 1.54) is 25.8 Å². The molecule has 5 heteroatoms. The Labute approximate surface area is 135 Å². The van der Waals surface area contributed by atoms with Crippen LogP contribution >= 0.6 is 0 Å². The Morgan fingerprint density at radius 1 is 1.23 bits per heavy atom. The molecule has 0 aromatic heterocycles. The van der Waals surface area contributed by atoms with E-state index >= 15 is 0 Å². The third kappa shape index (κ3) is 6.13. The summed E-state index contributed by atoms with van der Waals surface area (Å²) >= 11 is 0. The van der Waals surface area contributed by atoms with E-state index in [9.17, 15) is 4.79 Å². The summed E-state index contributed by atoms with van der Waals surface area (Å²) in [6, 6.07) is 0. The summed E-state index contributed by atoms with van der Waals surface area (Å²) in [5.74, 6) is 1.32. The molecule has 2 aliphatic rings. The predicted octanol–water partition coefficient (Wildman–Crippen LogP) is 2.22. The van der Waals surface area contributed by atoms with E-state index in [1.807, 2.05) is 25.7 Å². The first-order valence-electron chi connectivity index (χ1n) is 8.83. The van der Waals surface area contributed by atoms with E-state index in [1.54, 1.807) is 0 Å². The first-order chi connectivity index (χ1) is 10.4. The summed E-state index contributed by atoms with van der Waals surface area (Å²) in [4.78, 5) is 14.0. The van der Waals surface area contributed by atoms with E-state index in [0.29, 0.717) is 5.92 Å². The predicted molar refractivity (Wildman–Crippen MR) is 89.0 cm³/mol. The fourth-order valence-electron chi connectivity index (χ4n) is 3.31. The molecule has 0 bridgehead atoms. The number of likely N-dealkylation sites (tertiary alicyclic amines) is 1. The quantitative estimate of drug-likeness (QED) is 0.836. The molecule has 5 nitrogen and oxygen atoms in total. The normalized spacial score (nSPS) is 26.8. The molecule has 1 amide bonds.